The summed E-state index contributed by atoms with van der Waals surface area (Å²) in [5.41, 5.74) is 3.00. The summed E-state index contributed by atoms with van der Waals surface area (Å²) < 4.78 is 26.3. The molecule has 0 spiro atoms. The minimum atomic E-state index is -0.773. The zero-order valence-corrected chi connectivity index (χ0v) is 28.5. The second-order valence-corrected chi connectivity index (χ2v) is 12.5. The number of ether oxygens (including phenoxy) is 4. The SMILES string of the molecule is CCOC(=O)C1=C(C)N=c2s/c(=C\c3cc(Br)c(OCc4ccccc4)c(Br)c3)c(=O)n2[C@H]1c1ccc(OC)c(OCC)c1. The molecule has 0 saturated heterocycles. The van der Waals surface area contributed by atoms with Crippen LogP contribution < -0.4 is 29.1 Å². The molecular weight excluding hydrogens is 712 g/mol. The molecule has 0 fully saturated rings. The summed E-state index contributed by atoms with van der Waals surface area (Å²) in [6.45, 7) is 6.40. The topological polar surface area (TPSA) is 88.4 Å². The van der Waals surface area contributed by atoms with Gasteiger partial charge in [-0.05, 0) is 99.7 Å². The van der Waals surface area contributed by atoms with E-state index in [0.717, 1.165) is 20.1 Å². The van der Waals surface area contributed by atoms with Crippen LogP contribution in [0.4, 0.5) is 0 Å². The molecule has 0 saturated carbocycles. The summed E-state index contributed by atoms with van der Waals surface area (Å²) >= 11 is 8.50. The highest BCUT2D eigenvalue weighted by atomic mass is 79.9. The third-order valence-electron chi connectivity index (χ3n) is 6.86. The van der Waals surface area contributed by atoms with Crippen molar-refractivity contribution in [2.45, 2.75) is 33.4 Å². The Balaban J connectivity index is 1.59. The van der Waals surface area contributed by atoms with Crippen LogP contribution in [0.1, 0.15) is 43.5 Å². The largest absolute Gasteiger partial charge is 0.493 e. The van der Waals surface area contributed by atoms with Crippen molar-refractivity contribution in [3.63, 3.8) is 0 Å². The Morgan fingerprint density at radius 3 is 2.39 bits per heavy atom. The van der Waals surface area contributed by atoms with Gasteiger partial charge in [-0.2, -0.15) is 0 Å². The molecular formula is C33H30Br2N2O6S. The maximum Gasteiger partial charge on any atom is 0.338 e. The number of esters is 1. The quantitative estimate of drug-likeness (QED) is 0.177. The number of carbonyl (C=O) groups excluding carboxylic acids is 1. The second-order valence-electron chi connectivity index (χ2n) is 9.73. The van der Waals surface area contributed by atoms with Crippen LogP contribution in [-0.2, 0) is 16.1 Å². The van der Waals surface area contributed by atoms with Gasteiger partial charge in [0.15, 0.2) is 16.3 Å². The van der Waals surface area contributed by atoms with Crippen LogP contribution in [-0.4, -0.2) is 30.9 Å². The fourth-order valence-corrected chi connectivity index (χ4v) is 7.42. The van der Waals surface area contributed by atoms with Crippen LogP contribution >= 0.6 is 43.2 Å². The number of hydrogen-bond donors (Lipinski definition) is 0. The lowest BCUT2D eigenvalue weighted by Crippen LogP contribution is -2.40. The summed E-state index contributed by atoms with van der Waals surface area (Å²) in [6.07, 6.45) is 1.81. The van der Waals surface area contributed by atoms with Crippen LogP contribution in [0.3, 0.4) is 0 Å². The molecule has 0 amide bonds. The lowest BCUT2D eigenvalue weighted by atomic mass is 9.95. The van der Waals surface area contributed by atoms with E-state index in [2.05, 4.69) is 36.9 Å². The number of allylic oxidation sites excluding steroid dienone is 1. The summed E-state index contributed by atoms with van der Waals surface area (Å²) in [4.78, 5) is 32.5. The minimum Gasteiger partial charge on any atom is -0.493 e. The van der Waals surface area contributed by atoms with E-state index in [9.17, 15) is 9.59 Å². The molecule has 1 aliphatic heterocycles. The van der Waals surface area contributed by atoms with Crippen molar-refractivity contribution >= 4 is 55.2 Å². The first-order valence-electron chi connectivity index (χ1n) is 13.9. The average molecular weight is 742 g/mol. The number of aromatic nitrogens is 1. The number of rotatable bonds is 10. The third kappa shape index (κ3) is 6.55. The van der Waals surface area contributed by atoms with E-state index >= 15 is 0 Å². The van der Waals surface area contributed by atoms with Gasteiger partial charge in [-0.15, -0.1) is 0 Å². The van der Waals surface area contributed by atoms with Crippen LogP contribution in [0, 0.1) is 0 Å². The Morgan fingerprint density at radius 1 is 1.00 bits per heavy atom. The number of hydrogen-bond acceptors (Lipinski definition) is 8. The minimum absolute atomic E-state index is 0.189. The number of benzene rings is 3. The molecule has 3 aromatic carbocycles. The molecule has 0 radical (unpaired) electrons. The van der Waals surface area contributed by atoms with E-state index in [4.69, 9.17) is 18.9 Å². The number of methoxy groups -OCH3 is 1. The van der Waals surface area contributed by atoms with Gasteiger partial charge < -0.3 is 18.9 Å². The van der Waals surface area contributed by atoms with E-state index in [-0.39, 0.29) is 12.2 Å². The first kappa shape index (κ1) is 31.7. The number of thiazole rings is 1. The first-order chi connectivity index (χ1) is 21.2. The van der Waals surface area contributed by atoms with Gasteiger partial charge >= 0.3 is 5.97 Å². The van der Waals surface area contributed by atoms with Crippen molar-refractivity contribution in [2.75, 3.05) is 20.3 Å². The van der Waals surface area contributed by atoms with E-state index in [1.165, 1.54) is 11.3 Å². The average Bonchev–Trinajstić information content (AvgIpc) is 3.30. The standard InChI is InChI=1S/C33H30Br2N2O6S/c1-5-41-26-17-22(12-13-25(26)40-4)29-28(32(39)42-6-2)19(3)36-33-37(29)31(38)27(44-33)16-21-14-23(34)30(24(35)15-21)43-18-20-10-8-7-9-11-20/h7-17,29H,5-6,18H2,1-4H3/b27-16-/t29-/m0/s1. The van der Waals surface area contributed by atoms with Gasteiger partial charge in [-0.3, -0.25) is 9.36 Å². The van der Waals surface area contributed by atoms with Crippen molar-refractivity contribution in [3.8, 4) is 17.2 Å². The highest BCUT2D eigenvalue weighted by molar-refractivity contribution is 9.11. The summed E-state index contributed by atoms with van der Waals surface area (Å²) in [5, 5.41) is 0. The molecule has 5 rings (SSSR count). The number of halogens is 2. The van der Waals surface area contributed by atoms with Gasteiger partial charge in [0.25, 0.3) is 5.56 Å². The molecule has 2 heterocycles. The van der Waals surface area contributed by atoms with Crippen LogP contribution in [0.2, 0.25) is 0 Å². The summed E-state index contributed by atoms with van der Waals surface area (Å²) in [7, 11) is 1.56. The molecule has 0 unspecified atom stereocenters. The monoisotopic (exact) mass is 740 g/mol. The molecule has 1 aliphatic rings. The summed E-state index contributed by atoms with van der Waals surface area (Å²) in [5.74, 6) is 1.19. The zero-order chi connectivity index (χ0) is 31.4. The Morgan fingerprint density at radius 2 is 1.73 bits per heavy atom. The van der Waals surface area contributed by atoms with Crippen LogP contribution in [0.25, 0.3) is 6.08 Å². The van der Waals surface area contributed by atoms with Gasteiger partial charge in [0.05, 0.1) is 51.1 Å². The predicted octanol–water partition coefficient (Wildman–Crippen LogP) is 6.31. The molecule has 228 valence electrons. The molecule has 1 aromatic heterocycles. The maximum atomic E-state index is 14.1. The van der Waals surface area contributed by atoms with E-state index in [0.29, 0.717) is 56.6 Å². The molecule has 1 atom stereocenters. The van der Waals surface area contributed by atoms with E-state index < -0.39 is 12.0 Å². The van der Waals surface area contributed by atoms with Crippen molar-refractivity contribution in [1.29, 1.82) is 0 Å². The summed E-state index contributed by atoms with van der Waals surface area (Å²) in [6, 6.07) is 18.3. The van der Waals surface area contributed by atoms with Gasteiger partial charge in [0, 0.05) is 0 Å². The molecule has 4 aromatic rings. The number of fused-ring (bicyclic) bond motifs is 1. The van der Waals surface area contributed by atoms with Gasteiger partial charge in [-0.1, -0.05) is 47.7 Å². The Bertz CT molecular complexity index is 1890. The fraction of sp³-hybridized carbons (Fsp3) is 0.242. The Labute approximate surface area is 275 Å². The second kappa shape index (κ2) is 14.0. The normalized spacial score (nSPS) is 14.6. The van der Waals surface area contributed by atoms with Crippen molar-refractivity contribution in [3.05, 3.63) is 117 Å². The molecule has 8 nitrogen and oxygen atoms in total. The van der Waals surface area contributed by atoms with Crippen LogP contribution in [0.5, 0.6) is 17.2 Å². The van der Waals surface area contributed by atoms with Gasteiger partial charge in [0.2, 0.25) is 0 Å². The highest BCUT2D eigenvalue weighted by Crippen LogP contribution is 2.37. The Kier molecular flexibility index (Phi) is 10.1. The molecule has 0 bridgehead atoms. The zero-order valence-electron chi connectivity index (χ0n) is 24.6. The maximum absolute atomic E-state index is 14.1. The number of nitrogens with zero attached hydrogens (tertiary/aromatic N) is 2. The van der Waals surface area contributed by atoms with Gasteiger partial charge in [0.1, 0.15) is 12.4 Å². The van der Waals surface area contributed by atoms with Crippen LogP contribution in [0.15, 0.2) is 90.7 Å². The molecule has 44 heavy (non-hydrogen) atoms. The fourth-order valence-electron chi connectivity index (χ4n) is 4.92. The van der Waals surface area contributed by atoms with Gasteiger partial charge in [-0.25, -0.2) is 9.79 Å². The third-order valence-corrected chi connectivity index (χ3v) is 9.03. The van der Waals surface area contributed by atoms with Crippen molar-refractivity contribution < 1.29 is 23.7 Å². The Hall–Kier alpha value is -3.67. The lowest BCUT2D eigenvalue weighted by Gasteiger charge is -2.25. The first-order valence-corrected chi connectivity index (χ1v) is 16.3. The highest BCUT2D eigenvalue weighted by Gasteiger charge is 2.34. The lowest BCUT2D eigenvalue weighted by molar-refractivity contribution is -0.139. The number of carbonyl (C=O) groups is 1. The predicted molar refractivity (Wildman–Crippen MR) is 177 cm³/mol. The van der Waals surface area contributed by atoms with Crippen molar-refractivity contribution in [1.82, 2.24) is 4.57 Å². The smallest absolute Gasteiger partial charge is 0.338 e. The molecule has 11 heteroatoms. The van der Waals surface area contributed by atoms with E-state index in [1.807, 2.05) is 55.5 Å². The molecule has 0 N–H and O–H groups in total. The molecule has 0 aliphatic carbocycles. The van der Waals surface area contributed by atoms with E-state index in [1.54, 1.807) is 43.7 Å². The van der Waals surface area contributed by atoms with Crippen molar-refractivity contribution in [2.24, 2.45) is 4.99 Å².